The molecule has 0 saturated carbocycles. The summed E-state index contributed by atoms with van der Waals surface area (Å²) in [6.45, 7) is 10.5. The third-order valence-corrected chi connectivity index (χ3v) is 5.52. The number of Topliss-reactive ketones (excluding diaryl/α,β-unsaturated/α-hetero) is 2. The maximum atomic E-state index is 12.3. The molecule has 6 atom stereocenters. The summed E-state index contributed by atoms with van der Waals surface area (Å²) < 4.78 is 23.1. The number of carbonyl (C=O) groups excluding carboxylic acids is 4. The lowest BCUT2D eigenvalue weighted by Crippen LogP contribution is -2.45. The normalized spacial score (nSPS) is 36.7. The van der Waals surface area contributed by atoms with E-state index in [1.54, 1.807) is 6.92 Å². The molecular weight excluding hydrogens is 368 g/mol. The number of ketones is 2. The third-order valence-electron chi connectivity index (χ3n) is 5.52. The van der Waals surface area contributed by atoms with E-state index >= 15 is 0 Å². The summed E-state index contributed by atoms with van der Waals surface area (Å²) in [4.78, 5) is 47.8. The summed E-state index contributed by atoms with van der Waals surface area (Å²) in [5.74, 6) is -2.61. The van der Waals surface area contributed by atoms with Crippen molar-refractivity contribution in [1.82, 2.24) is 0 Å². The molecule has 0 amide bonds. The number of rotatable bonds is 6. The molecule has 0 aromatic heterocycles. The van der Waals surface area contributed by atoms with Gasteiger partial charge in [0.15, 0.2) is 18.2 Å². The number of carbonyl (C=O) groups is 4. The van der Waals surface area contributed by atoms with Crippen LogP contribution in [0.1, 0.15) is 47.0 Å². The minimum absolute atomic E-state index is 0.0929. The highest BCUT2D eigenvalue weighted by molar-refractivity contribution is 6.36. The minimum atomic E-state index is -0.980. The molecule has 6 unspecified atom stereocenters. The molecule has 154 valence electrons. The van der Waals surface area contributed by atoms with Gasteiger partial charge in [-0.3, -0.25) is 14.4 Å². The van der Waals surface area contributed by atoms with E-state index in [0.717, 1.165) is 0 Å². The van der Waals surface area contributed by atoms with Crippen molar-refractivity contribution in [2.24, 2.45) is 11.8 Å². The number of hydrogen-bond acceptors (Lipinski definition) is 8. The van der Waals surface area contributed by atoms with Crippen LogP contribution in [0, 0.1) is 11.8 Å². The Morgan fingerprint density at radius 3 is 2.61 bits per heavy atom. The van der Waals surface area contributed by atoms with Crippen LogP contribution in [0.2, 0.25) is 0 Å². The summed E-state index contributed by atoms with van der Waals surface area (Å²) in [6, 6.07) is 0. The summed E-state index contributed by atoms with van der Waals surface area (Å²) in [5.41, 5.74) is -0.755. The summed E-state index contributed by atoms with van der Waals surface area (Å²) >= 11 is 0. The molecule has 3 saturated heterocycles. The first-order chi connectivity index (χ1) is 13.0. The molecule has 8 heteroatoms. The predicted molar refractivity (Wildman–Crippen MR) is 94.9 cm³/mol. The van der Waals surface area contributed by atoms with Crippen molar-refractivity contribution in [3.8, 4) is 0 Å². The molecule has 3 rings (SSSR count). The van der Waals surface area contributed by atoms with E-state index in [1.807, 2.05) is 13.8 Å². The average molecular weight is 394 g/mol. The van der Waals surface area contributed by atoms with Crippen LogP contribution in [-0.2, 0) is 38.1 Å². The Bertz CT molecular complexity index is 726. The van der Waals surface area contributed by atoms with E-state index in [-0.39, 0.29) is 30.8 Å². The van der Waals surface area contributed by atoms with Crippen molar-refractivity contribution >= 4 is 23.5 Å². The molecule has 28 heavy (non-hydrogen) atoms. The summed E-state index contributed by atoms with van der Waals surface area (Å²) in [6.07, 6.45) is -2.93. The van der Waals surface area contributed by atoms with Gasteiger partial charge in [-0.2, -0.15) is 0 Å². The molecule has 0 aliphatic carbocycles. The predicted octanol–water partition coefficient (Wildman–Crippen LogP) is 1.49. The average Bonchev–Trinajstić information content (AvgIpc) is 2.97. The van der Waals surface area contributed by atoms with E-state index in [9.17, 15) is 19.2 Å². The number of hydrogen-bond donors (Lipinski definition) is 0. The zero-order valence-electron chi connectivity index (χ0n) is 16.6. The molecule has 3 aliphatic heterocycles. The van der Waals surface area contributed by atoms with Gasteiger partial charge in [-0.05, 0) is 12.8 Å². The SMILES string of the molecule is C=C1C(=O)OC2CC3(C)OC(OC3CC(=O)C(C)=O)C(OC(=O)CC(C)C)C12. The standard InChI is InChI=1S/C20H26O8/c1-9(2)6-15(23)27-17-16-10(3)18(24)25-13(16)8-20(5)14(26-19(17)28-20)7-12(22)11(4)21/h9,13-14,16-17,19H,3,6-8H2,1-2,4-5H3. The summed E-state index contributed by atoms with van der Waals surface area (Å²) in [7, 11) is 0. The second-order valence-corrected chi connectivity index (χ2v) is 8.36. The first-order valence-corrected chi connectivity index (χ1v) is 9.48. The van der Waals surface area contributed by atoms with E-state index < -0.39 is 59.6 Å². The van der Waals surface area contributed by atoms with Gasteiger partial charge in [0.05, 0.1) is 17.6 Å². The molecular formula is C20H26O8. The minimum Gasteiger partial charge on any atom is -0.458 e. The lowest BCUT2D eigenvalue weighted by Gasteiger charge is -2.32. The monoisotopic (exact) mass is 394 g/mol. The second kappa shape index (κ2) is 7.40. The Morgan fingerprint density at radius 2 is 2.00 bits per heavy atom. The van der Waals surface area contributed by atoms with Crippen LogP contribution < -0.4 is 0 Å². The van der Waals surface area contributed by atoms with Gasteiger partial charge in [0.25, 0.3) is 0 Å². The Balaban J connectivity index is 1.89. The lowest BCUT2D eigenvalue weighted by molar-refractivity contribution is -0.188. The van der Waals surface area contributed by atoms with E-state index in [4.69, 9.17) is 18.9 Å². The summed E-state index contributed by atoms with van der Waals surface area (Å²) in [5, 5.41) is 0. The number of fused-ring (bicyclic) bond motifs is 3. The van der Waals surface area contributed by atoms with Gasteiger partial charge in [-0.15, -0.1) is 0 Å². The Labute approximate surface area is 163 Å². The maximum Gasteiger partial charge on any atom is 0.334 e. The van der Waals surface area contributed by atoms with Gasteiger partial charge < -0.3 is 18.9 Å². The van der Waals surface area contributed by atoms with Crippen LogP contribution in [0.4, 0.5) is 0 Å². The molecule has 3 fully saturated rings. The molecule has 3 aliphatic rings. The fourth-order valence-electron chi connectivity index (χ4n) is 4.03. The van der Waals surface area contributed by atoms with Gasteiger partial charge in [0.2, 0.25) is 5.78 Å². The second-order valence-electron chi connectivity index (χ2n) is 8.36. The van der Waals surface area contributed by atoms with E-state index in [0.29, 0.717) is 0 Å². The van der Waals surface area contributed by atoms with Gasteiger partial charge in [-0.1, -0.05) is 20.4 Å². The topological polar surface area (TPSA) is 105 Å². The van der Waals surface area contributed by atoms with Crippen LogP contribution in [-0.4, -0.2) is 53.7 Å². The van der Waals surface area contributed by atoms with E-state index in [1.165, 1.54) is 6.92 Å². The number of esters is 2. The molecule has 8 nitrogen and oxygen atoms in total. The van der Waals surface area contributed by atoms with Crippen LogP contribution in [0.25, 0.3) is 0 Å². The fourth-order valence-corrected chi connectivity index (χ4v) is 4.03. The van der Waals surface area contributed by atoms with Crippen LogP contribution in [0.15, 0.2) is 12.2 Å². The highest BCUT2D eigenvalue weighted by Gasteiger charge is 2.61. The van der Waals surface area contributed by atoms with Crippen molar-refractivity contribution in [1.29, 1.82) is 0 Å². The molecule has 0 aromatic carbocycles. The van der Waals surface area contributed by atoms with Gasteiger partial charge in [0, 0.05) is 31.8 Å². The highest BCUT2D eigenvalue weighted by atomic mass is 16.8. The molecule has 0 aromatic rings. The molecule has 0 radical (unpaired) electrons. The lowest BCUT2D eigenvalue weighted by atomic mass is 9.82. The highest BCUT2D eigenvalue weighted by Crippen LogP contribution is 2.48. The van der Waals surface area contributed by atoms with Gasteiger partial charge >= 0.3 is 11.9 Å². The molecule has 2 bridgehead atoms. The zero-order chi connectivity index (χ0) is 20.8. The van der Waals surface area contributed by atoms with Crippen LogP contribution >= 0.6 is 0 Å². The number of ether oxygens (including phenoxy) is 4. The van der Waals surface area contributed by atoms with Crippen molar-refractivity contribution in [3.63, 3.8) is 0 Å². The van der Waals surface area contributed by atoms with Crippen molar-refractivity contribution < 1.29 is 38.1 Å². The van der Waals surface area contributed by atoms with E-state index in [2.05, 4.69) is 6.58 Å². The van der Waals surface area contributed by atoms with Crippen LogP contribution in [0.3, 0.4) is 0 Å². The zero-order valence-corrected chi connectivity index (χ0v) is 16.6. The Morgan fingerprint density at radius 1 is 1.32 bits per heavy atom. The smallest absolute Gasteiger partial charge is 0.334 e. The first-order valence-electron chi connectivity index (χ1n) is 9.48. The largest absolute Gasteiger partial charge is 0.458 e. The first kappa shape index (κ1) is 20.7. The van der Waals surface area contributed by atoms with Crippen molar-refractivity contribution in [2.45, 2.75) is 77.2 Å². The molecule has 0 spiro atoms. The third kappa shape index (κ3) is 3.75. The molecule has 3 heterocycles. The Kier molecular flexibility index (Phi) is 5.46. The van der Waals surface area contributed by atoms with Crippen molar-refractivity contribution in [2.75, 3.05) is 0 Å². The molecule has 0 N–H and O–H groups in total. The van der Waals surface area contributed by atoms with Gasteiger partial charge in [0.1, 0.15) is 6.10 Å². The maximum absolute atomic E-state index is 12.3. The quantitative estimate of drug-likeness (QED) is 0.379. The van der Waals surface area contributed by atoms with Gasteiger partial charge in [-0.25, -0.2) is 4.79 Å². The van der Waals surface area contributed by atoms with Crippen LogP contribution in [0.5, 0.6) is 0 Å². The Hall–Kier alpha value is -2.06. The van der Waals surface area contributed by atoms with Crippen molar-refractivity contribution in [3.05, 3.63) is 12.2 Å². The fraction of sp³-hybridized carbons (Fsp3) is 0.700.